The smallest absolute Gasteiger partial charge is 0.310 e. The first kappa shape index (κ1) is 26.9. The van der Waals surface area contributed by atoms with Gasteiger partial charge in [-0.25, -0.2) is 0 Å². The maximum atomic E-state index is 14.4. The molecule has 10 atom stereocenters. The molecular weight excluding hydrogens is 464 g/mol. The lowest BCUT2D eigenvalue weighted by atomic mass is 9.33. The van der Waals surface area contributed by atoms with Gasteiger partial charge in [-0.1, -0.05) is 54.0 Å². The predicted octanol–water partition coefficient (Wildman–Crippen LogP) is 6.84. The minimum atomic E-state index is -0.744. The average molecular weight is 513 g/mol. The minimum absolute atomic E-state index is 0.0732. The van der Waals surface area contributed by atoms with Gasteiger partial charge < -0.3 is 9.84 Å². The zero-order valence-corrected chi connectivity index (χ0v) is 24.3. The number of hydrogen-bond donors (Lipinski definition) is 1. The van der Waals surface area contributed by atoms with Crippen molar-refractivity contribution in [2.24, 2.45) is 56.7 Å². The fourth-order valence-corrected chi connectivity index (χ4v) is 11.1. The SMILES string of the molecule is CC(=O)O[C@H]1CC[C@@]2(C)C(CC[C@]3(C)C2C(=O)C=C2C4[C@@H](C)[C@H](C)CCC4(C(=O)O)CC[C@]23C)C1(C)C. The lowest BCUT2D eigenvalue weighted by molar-refractivity contribution is -0.212. The van der Waals surface area contributed by atoms with Crippen LogP contribution in [0.3, 0.4) is 0 Å². The van der Waals surface area contributed by atoms with E-state index in [2.05, 4.69) is 48.5 Å². The van der Waals surface area contributed by atoms with Crippen LogP contribution in [0.5, 0.6) is 0 Å². The third kappa shape index (κ3) is 3.30. The molecule has 37 heavy (non-hydrogen) atoms. The standard InChI is InChI=1S/C32H48O5/c1-18-9-14-32(27(35)36)16-15-30(7)21(25(32)19(18)2)17-22(34)26-29(6)12-11-24(37-20(3)33)28(4,5)23(29)10-13-31(26,30)8/h17-19,23-26H,9-16H2,1-8H3,(H,35,36)/t18-,19+,23?,24+,25?,26?,29+,30-,31-,32?/m1/s1. The number of hydrogen-bond acceptors (Lipinski definition) is 4. The van der Waals surface area contributed by atoms with Gasteiger partial charge in [0.05, 0.1) is 5.41 Å². The first-order chi connectivity index (χ1) is 17.1. The first-order valence-electron chi connectivity index (χ1n) is 14.7. The second kappa shape index (κ2) is 8.18. The Balaban J connectivity index is 1.62. The lowest BCUT2D eigenvalue weighted by Crippen LogP contribution is -2.67. The van der Waals surface area contributed by atoms with Crippen LogP contribution in [0.1, 0.15) is 107 Å². The third-order valence-corrected chi connectivity index (χ3v) is 13.4. The van der Waals surface area contributed by atoms with Crippen molar-refractivity contribution in [3.63, 3.8) is 0 Å². The number of fused-ring (bicyclic) bond motifs is 7. The summed E-state index contributed by atoms with van der Waals surface area (Å²) in [6, 6.07) is 0. The number of carbonyl (C=O) groups is 3. The van der Waals surface area contributed by atoms with E-state index in [0.717, 1.165) is 44.1 Å². The third-order valence-electron chi connectivity index (χ3n) is 13.4. The van der Waals surface area contributed by atoms with Crippen molar-refractivity contribution in [2.75, 3.05) is 0 Å². The molecule has 5 nitrogen and oxygen atoms in total. The van der Waals surface area contributed by atoms with Crippen LogP contribution in [0.2, 0.25) is 0 Å². The van der Waals surface area contributed by atoms with Gasteiger partial charge in [0.1, 0.15) is 6.10 Å². The molecule has 0 saturated heterocycles. The number of esters is 1. The van der Waals surface area contributed by atoms with Crippen molar-refractivity contribution < 1.29 is 24.2 Å². The molecule has 0 heterocycles. The zero-order chi connectivity index (χ0) is 27.3. The summed E-state index contributed by atoms with van der Waals surface area (Å²) in [7, 11) is 0. The van der Waals surface area contributed by atoms with Crippen molar-refractivity contribution in [3.05, 3.63) is 11.6 Å². The molecule has 4 saturated carbocycles. The molecule has 5 heteroatoms. The van der Waals surface area contributed by atoms with Crippen molar-refractivity contribution >= 4 is 17.7 Å². The van der Waals surface area contributed by atoms with E-state index in [0.29, 0.717) is 18.8 Å². The Bertz CT molecular complexity index is 1060. The number of carboxylic acids is 1. The predicted molar refractivity (Wildman–Crippen MR) is 143 cm³/mol. The van der Waals surface area contributed by atoms with E-state index < -0.39 is 11.4 Å². The highest BCUT2D eigenvalue weighted by molar-refractivity contribution is 5.96. The summed E-state index contributed by atoms with van der Waals surface area (Å²) in [4.78, 5) is 39.1. The molecule has 0 amide bonds. The first-order valence-corrected chi connectivity index (χ1v) is 14.7. The molecule has 5 aliphatic carbocycles. The topological polar surface area (TPSA) is 80.7 Å². The quantitative estimate of drug-likeness (QED) is 0.410. The molecule has 1 N–H and O–H groups in total. The summed E-state index contributed by atoms with van der Waals surface area (Å²) >= 11 is 0. The molecule has 0 aromatic heterocycles. The molecule has 4 fully saturated rings. The summed E-state index contributed by atoms with van der Waals surface area (Å²) in [5.41, 5.74) is -0.378. The van der Waals surface area contributed by atoms with Crippen LogP contribution in [-0.4, -0.2) is 28.9 Å². The van der Waals surface area contributed by atoms with Crippen molar-refractivity contribution in [2.45, 2.75) is 113 Å². The zero-order valence-electron chi connectivity index (χ0n) is 24.3. The lowest BCUT2D eigenvalue weighted by Gasteiger charge is -2.70. The van der Waals surface area contributed by atoms with Gasteiger partial charge >= 0.3 is 11.9 Å². The summed E-state index contributed by atoms with van der Waals surface area (Å²) < 4.78 is 5.82. The van der Waals surface area contributed by atoms with Gasteiger partial charge in [0.2, 0.25) is 0 Å². The Morgan fingerprint density at radius 2 is 1.62 bits per heavy atom. The van der Waals surface area contributed by atoms with Crippen LogP contribution in [-0.2, 0) is 19.1 Å². The molecule has 0 aromatic rings. The second-order valence-electron chi connectivity index (χ2n) is 15.1. The number of rotatable bonds is 2. The van der Waals surface area contributed by atoms with E-state index >= 15 is 0 Å². The van der Waals surface area contributed by atoms with Crippen LogP contribution in [0.4, 0.5) is 0 Å². The summed E-state index contributed by atoms with van der Waals surface area (Å²) in [5, 5.41) is 10.6. The molecule has 0 radical (unpaired) electrons. The van der Waals surface area contributed by atoms with Gasteiger partial charge in [-0.05, 0) is 97.4 Å². The van der Waals surface area contributed by atoms with E-state index in [1.807, 2.05) is 6.08 Å². The highest BCUT2D eigenvalue weighted by Crippen LogP contribution is 2.75. The van der Waals surface area contributed by atoms with Gasteiger partial charge in [-0.15, -0.1) is 0 Å². The Morgan fingerprint density at radius 3 is 2.24 bits per heavy atom. The Labute approximate surface area is 223 Å². The molecule has 206 valence electrons. The molecule has 5 rings (SSSR count). The number of allylic oxidation sites excluding steroid dienone is 2. The number of carboxylic acid groups (broad SMARTS) is 1. The fourth-order valence-electron chi connectivity index (χ4n) is 11.1. The Morgan fingerprint density at radius 1 is 0.946 bits per heavy atom. The van der Waals surface area contributed by atoms with Crippen molar-refractivity contribution in [1.29, 1.82) is 0 Å². The van der Waals surface area contributed by atoms with E-state index in [4.69, 9.17) is 4.74 Å². The number of aliphatic carboxylic acids is 1. The summed E-state index contributed by atoms with van der Waals surface area (Å²) in [6.07, 6.45) is 8.65. The van der Waals surface area contributed by atoms with E-state index in [-0.39, 0.29) is 63.2 Å². The maximum absolute atomic E-state index is 14.4. The van der Waals surface area contributed by atoms with Crippen LogP contribution >= 0.6 is 0 Å². The Hall–Kier alpha value is -1.65. The van der Waals surface area contributed by atoms with Gasteiger partial charge in [0, 0.05) is 18.3 Å². The normalized spacial score (nSPS) is 50.5. The van der Waals surface area contributed by atoms with Gasteiger partial charge in [-0.3, -0.25) is 14.4 Å². The molecular formula is C32H48O5. The van der Waals surface area contributed by atoms with E-state index in [1.165, 1.54) is 6.92 Å². The van der Waals surface area contributed by atoms with Crippen LogP contribution in [0, 0.1) is 56.7 Å². The van der Waals surface area contributed by atoms with Crippen molar-refractivity contribution in [3.8, 4) is 0 Å². The summed E-state index contributed by atoms with van der Waals surface area (Å²) in [6.45, 7) is 17.5. The van der Waals surface area contributed by atoms with Crippen molar-refractivity contribution in [1.82, 2.24) is 0 Å². The molecule has 5 aliphatic rings. The second-order valence-corrected chi connectivity index (χ2v) is 15.1. The molecule has 4 unspecified atom stereocenters. The monoisotopic (exact) mass is 512 g/mol. The molecule has 0 aliphatic heterocycles. The molecule has 0 bridgehead atoms. The fraction of sp³-hybridized carbons (Fsp3) is 0.844. The highest BCUT2D eigenvalue weighted by Gasteiger charge is 2.71. The largest absolute Gasteiger partial charge is 0.481 e. The average Bonchev–Trinajstić information content (AvgIpc) is 2.79. The van der Waals surface area contributed by atoms with Crippen LogP contribution in [0.25, 0.3) is 0 Å². The minimum Gasteiger partial charge on any atom is -0.481 e. The molecule has 0 spiro atoms. The van der Waals surface area contributed by atoms with Crippen LogP contribution < -0.4 is 0 Å². The van der Waals surface area contributed by atoms with Crippen LogP contribution in [0.15, 0.2) is 11.6 Å². The Kier molecular flexibility index (Phi) is 5.95. The molecule has 0 aromatic carbocycles. The maximum Gasteiger partial charge on any atom is 0.310 e. The van der Waals surface area contributed by atoms with Gasteiger partial charge in [0.15, 0.2) is 5.78 Å². The number of ether oxygens (including phenoxy) is 1. The number of ketones is 1. The summed E-state index contributed by atoms with van der Waals surface area (Å²) in [5.74, 6) is 0.135. The van der Waals surface area contributed by atoms with Gasteiger partial charge in [0.25, 0.3) is 0 Å². The van der Waals surface area contributed by atoms with E-state index in [1.54, 1.807) is 0 Å². The van der Waals surface area contributed by atoms with E-state index in [9.17, 15) is 19.5 Å². The highest BCUT2D eigenvalue weighted by atomic mass is 16.5. The van der Waals surface area contributed by atoms with Gasteiger partial charge in [-0.2, -0.15) is 0 Å². The number of carbonyl (C=O) groups excluding carboxylic acids is 2.